The first-order valence-corrected chi connectivity index (χ1v) is 24.0. The number of carbonyl (C=O) groups excluding carboxylic acids is 3. The van der Waals surface area contributed by atoms with E-state index >= 15 is 0 Å². The molecule has 6 heterocycles. The SMILES string of the molecule is CC(CN(CCc1nc2c(NCc3ncccc3F)ncnc2s1)C(=O)OC(C)(C)C)C(=O)O.CCOC(=O)C(C)CN(CCc1nc2c(NCc3ncccc3F)ncnc2s1)C(=O)OC(C)(C)C. The molecule has 0 fully saturated rings. The first-order valence-electron chi connectivity index (χ1n) is 22.3. The third kappa shape index (κ3) is 16.4. The van der Waals surface area contributed by atoms with Crippen molar-refractivity contribution >= 4 is 79.1 Å². The Hall–Kier alpha value is -6.82. The highest BCUT2D eigenvalue weighted by molar-refractivity contribution is 7.18. The monoisotopic (exact) mass is 1010 g/mol. The predicted octanol–water partition coefficient (Wildman–Crippen LogP) is 7.94. The van der Waals surface area contributed by atoms with Crippen molar-refractivity contribution in [1.29, 1.82) is 0 Å². The fourth-order valence-electron chi connectivity index (χ4n) is 6.23. The number of anilines is 2. The van der Waals surface area contributed by atoms with Crippen LogP contribution in [0.3, 0.4) is 0 Å². The molecular formula is C46H58F2N12O8S2. The number of esters is 1. The van der Waals surface area contributed by atoms with E-state index in [1.54, 1.807) is 55.4 Å². The first-order chi connectivity index (χ1) is 33.1. The minimum absolute atomic E-state index is 0.0113. The maximum Gasteiger partial charge on any atom is 0.410 e. The Kier molecular flexibility index (Phi) is 19.1. The predicted molar refractivity (Wildman–Crippen MR) is 259 cm³/mol. The summed E-state index contributed by atoms with van der Waals surface area (Å²) in [5.41, 5.74) is 0.218. The summed E-state index contributed by atoms with van der Waals surface area (Å²) in [5, 5.41) is 16.8. The van der Waals surface area contributed by atoms with Gasteiger partial charge in [0, 0.05) is 51.4 Å². The highest BCUT2D eigenvalue weighted by Crippen LogP contribution is 2.27. The Morgan fingerprint density at radius 2 is 1.11 bits per heavy atom. The van der Waals surface area contributed by atoms with Gasteiger partial charge in [-0.15, -0.1) is 0 Å². The van der Waals surface area contributed by atoms with E-state index in [0.717, 1.165) is 5.01 Å². The molecule has 20 nitrogen and oxygen atoms in total. The second kappa shape index (κ2) is 24.6. The number of carbonyl (C=O) groups is 4. The summed E-state index contributed by atoms with van der Waals surface area (Å²) in [4.78, 5) is 87.4. The molecule has 0 saturated heterocycles. The van der Waals surface area contributed by atoms with E-state index in [-0.39, 0.29) is 63.2 Å². The molecule has 2 atom stereocenters. The van der Waals surface area contributed by atoms with E-state index in [0.29, 0.717) is 50.2 Å². The smallest absolute Gasteiger partial charge is 0.410 e. The lowest BCUT2D eigenvalue weighted by atomic mass is 10.1. The van der Waals surface area contributed by atoms with E-state index < -0.39 is 52.8 Å². The van der Waals surface area contributed by atoms with Gasteiger partial charge < -0.3 is 39.8 Å². The molecule has 6 aromatic rings. The van der Waals surface area contributed by atoms with Crippen LogP contribution in [0.1, 0.15) is 83.7 Å². The molecule has 2 unspecified atom stereocenters. The van der Waals surface area contributed by atoms with Crippen LogP contribution >= 0.6 is 22.7 Å². The second-order valence-corrected chi connectivity index (χ2v) is 19.9. The van der Waals surface area contributed by atoms with Crippen molar-refractivity contribution in [2.45, 2.75) is 99.4 Å². The van der Waals surface area contributed by atoms with Crippen molar-refractivity contribution in [3.63, 3.8) is 0 Å². The lowest BCUT2D eigenvalue weighted by Gasteiger charge is -2.28. The van der Waals surface area contributed by atoms with Crippen molar-refractivity contribution in [3.8, 4) is 0 Å². The molecule has 6 aromatic heterocycles. The summed E-state index contributed by atoms with van der Waals surface area (Å²) >= 11 is 2.72. The molecule has 70 heavy (non-hydrogen) atoms. The quantitative estimate of drug-likeness (QED) is 0.0514. The number of thiazole rings is 2. The molecule has 0 aliphatic rings. The van der Waals surface area contributed by atoms with Crippen molar-refractivity contribution in [1.82, 2.24) is 49.7 Å². The van der Waals surface area contributed by atoms with Gasteiger partial charge in [0.05, 0.1) is 52.9 Å². The zero-order chi connectivity index (χ0) is 51.2. The molecule has 24 heteroatoms. The van der Waals surface area contributed by atoms with Crippen molar-refractivity contribution in [2.75, 3.05) is 43.4 Å². The fraction of sp³-hybridized carbons (Fsp3) is 0.478. The third-order valence-corrected chi connectivity index (χ3v) is 11.6. The summed E-state index contributed by atoms with van der Waals surface area (Å²) < 4.78 is 43.8. The molecule has 6 rings (SSSR count). The number of halogens is 2. The molecule has 0 spiro atoms. The zero-order valence-electron chi connectivity index (χ0n) is 40.5. The molecule has 2 amide bonds. The maximum atomic E-state index is 13.9. The molecule has 3 N–H and O–H groups in total. The number of pyridine rings is 2. The number of hydrogen-bond acceptors (Lipinski definition) is 19. The lowest BCUT2D eigenvalue weighted by molar-refractivity contribution is -0.148. The Labute approximate surface area is 411 Å². The van der Waals surface area contributed by atoms with Crippen LogP contribution < -0.4 is 10.6 Å². The lowest BCUT2D eigenvalue weighted by Crippen LogP contribution is -2.41. The largest absolute Gasteiger partial charge is 0.481 e. The van der Waals surface area contributed by atoms with Crippen LogP contribution in [0.15, 0.2) is 49.3 Å². The molecule has 0 aromatic carbocycles. The molecule has 0 radical (unpaired) electrons. The van der Waals surface area contributed by atoms with Crippen LogP contribution in [0.25, 0.3) is 20.7 Å². The number of aliphatic carboxylic acids is 1. The Balaban J connectivity index is 0.000000261. The van der Waals surface area contributed by atoms with Gasteiger partial charge in [-0.05, 0) is 72.7 Å². The Morgan fingerprint density at radius 1 is 0.686 bits per heavy atom. The van der Waals surface area contributed by atoms with Gasteiger partial charge >= 0.3 is 24.1 Å². The van der Waals surface area contributed by atoms with E-state index in [9.17, 15) is 33.1 Å². The van der Waals surface area contributed by atoms with Gasteiger partial charge in [-0.1, -0.05) is 36.5 Å². The van der Waals surface area contributed by atoms with Crippen LogP contribution in [0, 0.1) is 23.5 Å². The average molecular weight is 1010 g/mol. The normalized spacial score (nSPS) is 12.3. The fourth-order valence-corrected chi connectivity index (χ4v) is 8.01. The van der Waals surface area contributed by atoms with Crippen LogP contribution in [-0.2, 0) is 49.7 Å². The topological polar surface area (TPSA) is 250 Å². The number of carboxylic acids is 1. The number of amides is 2. The minimum Gasteiger partial charge on any atom is -0.481 e. The van der Waals surface area contributed by atoms with Crippen LogP contribution in [0.2, 0.25) is 0 Å². The van der Waals surface area contributed by atoms with E-state index in [2.05, 4.69) is 50.5 Å². The minimum atomic E-state index is -0.996. The van der Waals surface area contributed by atoms with Crippen molar-refractivity contribution < 1.29 is 47.3 Å². The number of hydrogen-bond donors (Lipinski definition) is 3. The van der Waals surface area contributed by atoms with Crippen molar-refractivity contribution in [3.05, 3.63) is 82.4 Å². The summed E-state index contributed by atoms with van der Waals surface area (Å²) in [5.74, 6) is -2.55. The number of carboxylic acid groups (broad SMARTS) is 1. The van der Waals surface area contributed by atoms with Gasteiger partial charge in [-0.25, -0.2) is 48.3 Å². The van der Waals surface area contributed by atoms with Gasteiger partial charge in [-0.2, -0.15) is 0 Å². The van der Waals surface area contributed by atoms with Gasteiger partial charge in [0.25, 0.3) is 0 Å². The van der Waals surface area contributed by atoms with Crippen LogP contribution in [-0.4, -0.2) is 123 Å². The molecule has 0 saturated carbocycles. The van der Waals surface area contributed by atoms with Gasteiger partial charge in [0.1, 0.15) is 56.2 Å². The average Bonchev–Trinajstić information content (AvgIpc) is 3.92. The summed E-state index contributed by atoms with van der Waals surface area (Å²) in [6.45, 7) is 16.8. The number of rotatable bonds is 19. The van der Waals surface area contributed by atoms with Gasteiger partial charge in [0.2, 0.25) is 0 Å². The third-order valence-electron chi connectivity index (χ3n) is 9.59. The maximum absolute atomic E-state index is 13.9. The number of ether oxygens (including phenoxy) is 3. The molecule has 0 aliphatic carbocycles. The standard InChI is InChI=1S/C24H31FN6O4S.C22H27FN6O4S/c1-6-34-22(32)15(2)13-31(23(33)35-24(3,4)5)11-9-18-30-19-20(28-14-29-21(19)36-18)27-12-17-16(25)8-7-10-26-17;1-13(20(30)31)11-29(21(32)33-22(2,3)4)9-7-16-28-17-18(26-12-27-19(17)34-16)25-10-15-14(23)6-5-8-24-15/h7-8,10,14-15H,6,9,11-13H2,1-5H3,(H,27,28,29);5-6,8,12-13H,7,9-11H2,1-4H3,(H,30,31)(H,25,26,27). The summed E-state index contributed by atoms with van der Waals surface area (Å²) in [6, 6.07) is 5.73. The summed E-state index contributed by atoms with van der Waals surface area (Å²) in [7, 11) is 0. The Bertz CT molecular complexity index is 2730. The Morgan fingerprint density at radius 3 is 1.50 bits per heavy atom. The highest BCUT2D eigenvalue weighted by atomic mass is 32.1. The van der Waals surface area contributed by atoms with E-state index in [1.165, 1.54) is 88.7 Å². The van der Waals surface area contributed by atoms with Gasteiger partial charge in [-0.3, -0.25) is 19.6 Å². The molecule has 0 bridgehead atoms. The van der Waals surface area contributed by atoms with Gasteiger partial charge in [0.15, 0.2) is 11.6 Å². The second-order valence-electron chi connectivity index (χ2n) is 17.8. The van der Waals surface area contributed by atoms with Crippen molar-refractivity contribution in [2.24, 2.45) is 11.8 Å². The van der Waals surface area contributed by atoms with E-state index in [4.69, 9.17) is 14.2 Å². The number of aromatic nitrogens is 8. The summed E-state index contributed by atoms with van der Waals surface area (Å²) in [6.07, 6.45) is 5.54. The zero-order valence-corrected chi connectivity index (χ0v) is 42.1. The van der Waals surface area contributed by atoms with Crippen LogP contribution in [0.5, 0.6) is 0 Å². The molecule has 0 aliphatic heterocycles. The number of fused-ring (bicyclic) bond motifs is 2. The molecule has 376 valence electrons. The first kappa shape index (κ1) is 54.1. The van der Waals surface area contributed by atoms with E-state index in [1.807, 2.05) is 0 Å². The van der Waals surface area contributed by atoms with Crippen LogP contribution in [0.4, 0.5) is 30.0 Å². The number of nitrogens with one attached hydrogen (secondary N) is 2. The molecular weight excluding hydrogens is 951 g/mol. The number of nitrogens with zero attached hydrogens (tertiary/aromatic N) is 10. The highest BCUT2D eigenvalue weighted by Gasteiger charge is 2.28.